The lowest BCUT2D eigenvalue weighted by Crippen LogP contribution is -2.10. The van der Waals surface area contributed by atoms with Crippen molar-refractivity contribution in [3.8, 4) is 0 Å². The summed E-state index contributed by atoms with van der Waals surface area (Å²) in [4.78, 5) is 14.8. The van der Waals surface area contributed by atoms with E-state index < -0.39 is 0 Å². The summed E-state index contributed by atoms with van der Waals surface area (Å²) in [5.74, 6) is -0.481. The van der Waals surface area contributed by atoms with Crippen LogP contribution in [0.25, 0.3) is 0 Å². The molecule has 0 aliphatic heterocycles. The van der Waals surface area contributed by atoms with Gasteiger partial charge in [0.1, 0.15) is 5.82 Å². The van der Waals surface area contributed by atoms with Gasteiger partial charge in [-0.05, 0) is 72.8 Å². The monoisotopic (exact) mass is 367 g/mol. The molecular weight excluding hydrogens is 349 g/mol. The number of rotatable bonds is 5. The third kappa shape index (κ3) is 3.69. The lowest BCUT2D eigenvalue weighted by atomic mass is 10.0. The molecule has 0 radical (unpaired) electrons. The minimum atomic E-state index is -0.353. The summed E-state index contributed by atoms with van der Waals surface area (Å²) < 4.78 is 13.1. The Balaban J connectivity index is 1.69. The van der Waals surface area contributed by atoms with Gasteiger partial charge in [-0.3, -0.25) is 4.79 Å². The minimum Gasteiger partial charge on any atom is -0.311 e. The fourth-order valence-corrected chi connectivity index (χ4v) is 3.13. The highest BCUT2D eigenvalue weighted by atomic mass is 19.1. The van der Waals surface area contributed by atoms with Crippen LogP contribution in [0.1, 0.15) is 15.9 Å². The topological polar surface area (TPSA) is 20.3 Å². The van der Waals surface area contributed by atoms with Crippen molar-refractivity contribution < 1.29 is 9.18 Å². The number of para-hydroxylation sites is 2. The van der Waals surface area contributed by atoms with Crippen LogP contribution in [0, 0.1) is 5.82 Å². The Morgan fingerprint density at radius 2 is 0.929 bits per heavy atom. The zero-order chi connectivity index (χ0) is 19.3. The number of carbonyl (C=O) groups is 1. The summed E-state index contributed by atoms with van der Waals surface area (Å²) in [6.07, 6.45) is 0. The van der Waals surface area contributed by atoms with Crippen molar-refractivity contribution in [1.29, 1.82) is 0 Å². The van der Waals surface area contributed by atoms with E-state index in [1.54, 1.807) is 12.1 Å². The lowest BCUT2D eigenvalue weighted by Gasteiger charge is -2.25. The zero-order valence-electron chi connectivity index (χ0n) is 15.1. The zero-order valence-corrected chi connectivity index (χ0v) is 15.1. The minimum absolute atomic E-state index is 0.127. The van der Waals surface area contributed by atoms with Crippen LogP contribution in [0.15, 0.2) is 109 Å². The third-order valence-electron chi connectivity index (χ3n) is 4.52. The summed E-state index contributed by atoms with van der Waals surface area (Å²) in [7, 11) is 0. The first-order chi connectivity index (χ1) is 13.7. The van der Waals surface area contributed by atoms with Crippen molar-refractivity contribution in [1.82, 2.24) is 0 Å². The van der Waals surface area contributed by atoms with E-state index in [1.165, 1.54) is 24.3 Å². The highest BCUT2D eigenvalue weighted by Crippen LogP contribution is 2.34. The van der Waals surface area contributed by atoms with Crippen LogP contribution in [0.2, 0.25) is 0 Å². The second-order valence-electron chi connectivity index (χ2n) is 6.39. The number of hydrogen-bond acceptors (Lipinski definition) is 2. The number of halogens is 1. The maximum Gasteiger partial charge on any atom is 0.193 e. The van der Waals surface area contributed by atoms with Gasteiger partial charge in [-0.25, -0.2) is 4.39 Å². The van der Waals surface area contributed by atoms with Crippen LogP contribution >= 0.6 is 0 Å². The van der Waals surface area contributed by atoms with Crippen LogP contribution in [-0.2, 0) is 0 Å². The molecule has 2 nitrogen and oxygen atoms in total. The molecule has 0 atom stereocenters. The number of nitrogens with zero attached hydrogens (tertiary/aromatic N) is 1. The van der Waals surface area contributed by atoms with Gasteiger partial charge >= 0.3 is 0 Å². The summed E-state index contributed by atoms with van der Waals surface area (Å²) in [5, 5.41) is 0. The Labute approximate surface area is 163 Å². The van der Waals surface area contributed by atoms with E-state index in [-0.39, 0.29) is 11.6 Å². The lowest BCUT2D eigenvalue weighted by molar-refractivity contribution is 0.103. The second-order valence-corrected chi connectivity index (χ2v) is 6.39. The second kappa shape index (κ2) is 7.89. The predicted molar refractivity (Wildman–Crippen MR) is 111 cm³/mol. The van der Waals surface area contributed by atoms with Gasteiger partial charge < -0.3 is 4.90 Å². The van der Waals surface area contributed by atoms with E-state index in [0.717, 1.165) is 17.1 Å². The van der Waals surface area contributed by atoms with Crippen LogP contribution in [0.3, 0.4) is 0 Å². The normalized spacial score (nSPS) is 10.5. The SMILES string of the molecule is O=C(c1ccc(F)cc1)c1ccc(N(c2ccccc2)c2ccccc2)cc1. The van der Waals surface area contributed by atoms with Gasteiger partial charge in [0.05, 0.1) is 0 Å². The molecule has 3 heteroatoms. The molecule has 0 unspecified atom stereocenters. The average molecular weight is 367 g/mol. The van der Waals surface area contributed by atoms with Crippen LogP contribution < -0.4 is 4.90 Å². The molecule has 4 aromatic carbocycles. The molecule has 0 aliphatic carbocycles. The van der Waals surface area contributed by atoms with Gasteiger partial charge in [-0.1, -0.05) is 36.4 Å². The highest BCUT2D eigenvalue weighted by molar-refractivity contribution is 6.09. The summed E-state index contributed by atoms with van der Waals surface area (Å²) in [6, 6.07) is 33.2. The molecule has 0 N–H and O–H groups in total. The Kier molecular flexibility index (Phi) is 4.98. The molecule has 0 aromatic heterocycles. The fourth-order valence-electron chi connectivity index (χ4n) is 3.13. The molecule has 28 heavy (non-hydrogen) atoms. The number of anilines is 3. The van der Waals surface area contributed by atoms with E-state index in [2.05, 4.69) is 4.90 Å². The molecule has 0 saturated heterocycles. The molecule has 0 spiro atoms. The average Bonchev–Trinajstić information content (AvgIpc) is 2.76. The fraction of sp³-hybridized carbons (Fsp3) is 0. The van der Waals surface area contributed by atoms with E-state index in [4.69, 9.17) is 0 Å². The highest BCUT2D eigenvalue weighted by Gasteiger charge is 2.14. The molecule has 0 saturated carbocycles. The molecule has 0 heterocycles. The largest absolute Gasteiger partial charge is 0.311 e. The van der Waals surface area contributed by atoms with Crippen molar-refractivity contribution in [3.63, 3.8) is 0 Å². The van der Waals surface area contributed by atoms with E-state index in [1.807, 2.05) is 72.8 Å². The van der Waals surface area contributed by atoms with Gasteiger partial charge in [0.2, 0.25) is 0 Å². The molecule has 0 bridgehead atoms. The van der Waals surface area contributed by atoms with Crippen molar-refractivity contribution in [2.24, 2.45) is 0 Å². The first-order valence-electron chi connectivity index (χ1n) is 9.03. The first-order valence-corrected chi connectivity index (χ1v) is 9.03. The van der Waals surface area contributed by atoms with Crippen LogP contribution in [0.5, 0.6) is 0 Å². The van der Waals surface area contributed by atoms with Gasteiger partial charge in [0.25, 0.3) is 0 Å². The Bertz CT molecular complexity index is 1020. The maximum atomic E-state index is 13.1. The predicted octanol–water partition coefficient (Wildman–Crippen LogP) is 6.53. The Morgan fingerprint density at radius 1 is 0.536 bits per heavy atom. The number of benzene rings is 4. The molecule has 4 rings (SSSR count). The smallest absolute Gasteiger partial charge is 0.193 e. The number of carbonyl (C=O) groups excluding carboxylic acids is 1. The van der Waals surface area contributed by atoms with Crippen molar-refractivity contribution in [3.05, 3.63) is 126 Å². The standard InChI is InChI=1S/C25H18FNO/c26-21-15-11-19(12-16-21)25(28)20-13-17-24(18-14-20)27(22-7-3-1-4-8-22)23-9-5-2-6-10-23/h1-18H. The summed E-state index contributed by atoms with van der Waals surface area (Å²) in [5.41, 5.74) is 4.05. The molecule has 136 valence electrons. The Morgan fingerprint density at radius 3 is 1.39 bits per heavy atom. The maximum absolute atomic E-state index is 13.1. The Hall–Kier alpha value is -3.72. The van der Waals surface area contributed by atoms with E-state index >= 15 is 0 Å². The van der Waals surface area contributed by atoms with Crippen LogP contribution in [0.4, 0.5) is 21.5 Å². The van der Waals surface area contributed by atoms with E-state index in [0.29, 0.717) is 11.1 Å². The summed E-state index contributed by atoms with van der Waals surface area (Å²) in [6.45, 7) is 0. The quantitative estimate of drug-likeness (QED) is 0.374. The molecule has 4 aromatic rings. The van der Waals surface area contributed by atoms with Crippen molar-refractivity contribution >= 4 is 22.8 Å². The molecular formula is C25H18FNO. The van der Waals surface area contributed by atoms with Gasteiger partial charge in [-0.15, -0.1) is 0 Å². The van der Waals surface area contributed by atoms with E-state index in [9.17, 15) is 9.18 Å². The van der Waals surface area contributed by atoms with Crippen molar-refractivity contribution in [2.45, 2.75) is 0 Å². The van der Waals surface area contributed by atoms with Gasteiger partial charge in [-0.2, -0.15) is 0 Å². The first kappa shape index (κ1) is 17.7. The van der Waals surface area contributed by atoms with Gasteiger partial charge in [0.15, 0.2) is 5.78 Å². The molecule has 0 aliphatic rings. The molecule has 0 fully saturated rings. The third-order valence-corrected chi connectivity index (χ3v) is 4.52. The molecule has 0 amide bonds. The number of hydrogen-bond donors (Lipinski definition) is 0. The van der Waals surface area contributed by atoms with Gasteiger partial charge in [0, 0.05) is 28.2 Å². The summed E-state index contributed by atoms with van der Waals surface area (Å²) >= 11 is 0. The van der Waals surface area contributed by atoms with Crippen molar-refractivity contribution in [2.75, 3.05) is 4.90 Å². The number of ketones is 1. The van der Waals surface area contributed by atoms with Crippen LogP contribution in [-0.4, -0.2) is 5.78 Å².